The van der Waals surface area contributed by atoms with Crippen molar-refractivity contribution in [1.29, 1.82) is 0 Å². The van der Waals surface area contributed by atoms with E-state index in [1.807, 2.05) is 0 Å². The number of nitrogens with two attached hydrogens (primary N) is 1. The molecule has 2 rings (SSSR count). The average Bonchev–Trinajstić information content (AvgIpc) is 2.58. The second-order valence-electron chi connectivity index (χ2n) is 4.87. The minimum Gasteiger partial charge on any atom is -0.391 e. The van der Waals surface area contributed by atoms with Crippen LogP contribution in [-0.4, -0.2) is 28.1 Å². The fourth-order valence-electron chi connectivity index (χ4n) is 2.33. The molecule has 0 spiro atoms. The molecule has 1 heterocycles. The van der Waals surface area contributed by atoms with Gasteiger partial charge in [0, 0.05) is 10.7 Å². The molecule has 1 aliphatic rings. The summed E-state index contributed by atoms with van der Waals surface area (Å²) in [6.45, 7) is 0. The van der Waals surface area contributed by atoms with Crippen LogP contribution in [0.2, 0.25) is 0 Å². The van der Waals surface area contributed by atoms with Gasteiger partial charge in [-0.15, -0.1) is 0 Å². The van der Waals surface area contributed by atoms with Gasteiger partial charge in [-0.05, 0) is 34.8 Å². The summed E-state index contributed by atoms with van der Waals surface area (Å²) in [5.74, 6) is -0.0824. The number of rotatable bonds is 2. The lowest BCUT2D eigenvalue weighted by Gasteiger charge is -2.22. The zero-order chi connectivity index (χ0) is 13.8. The van der Waals surface area contributed by atoms with Crippen LogP contribution in [0.5, 0.6) is 0 Å². The summed E-state index contributed by atoms with van der Waals surface area (Å²) < 4.78 is 0.702. The number of anilines is 1. The second kappa shape index (κ2) is 6.34. The molecule has 4 N–H and O–H groups in total. The highest BCUT2D eigenvalue weighted by Crippen LogP contribution is 2.20. The molecule has 2 atom stereocenters. The number of hydrogen-bond acceptors (Lipinski definition) is 4. The first kappa shape index (κ1) is 14.3. The number of halogens is 1. The van der Waals surface area contributed by atoms with Gasteiger partial charge in [0.2, 0.25) is 0 Å². The van der Waals surface area contributed by atoms with Gasteiger partial charge < -0.3 is 16.2 Å². The minimum absolute atomic E-state index is 0.198. The van der Waals surface area contributed by atoms with Crippen molar-refractivity contribution in [3.05, 3.63) is 22.3 Å². The molecule has 1 aromatic rings. The summed E-state index contributed by atoms with van der Waals surface area (Å²) in [4.78, 5) is 16.1. The maximum Gasteiger partial charge on any atom is 0.255 e. The van der Waals surface area contributed by atoms with Crippen molar-refractivity contribution in [3.8, 4) is 0 Å². The predicted molar refractivity (Wildman–Crippen MR) is 76.7 cm³/mol. The number of amides is 1. The first-order chi connectivity index (χ1) is 9.08. The van der Waals surface area contributed by atoms with Gasteiger partial charge in [-0.3, -0.25) is 4.79 Å². The van der Waals surface area contributed by atoms with Gasteiger partial charge in [0.05, 0.1) is 17.7 Å². The third kappa shape index (κ3) is 3.67. The predicted octanol–water partition coefficient (Wildman–Crippen LogP) is 1.85. The highest BCUT2D eigenvalue weighted by atomic mass is 79.9. The van der Waals surface area contributed by atoms with Crippen LogP contribution in [0.3, 0.4) is 0 Å². The molecular formula is C13H18BrN3O2. The normalized spacial score (nSPS) is 23.7. The fourth-order valence-corrected chi connectivity index (χ4v) is 2.67. The number of aliphatic hydroxyl groups excluding tert-OH is 1. The van der Waals surface area contributed by atoms with Crippen molar-refractivity contribution in [3.63, 3.8) is 0 Å². The first-order valence-electron chi connectivity index (χ1n) is 6.48. The van der Waals surface area contributed by atoms with Crippen LogP contribution < -0.4 is 11.1 Å². The van der Waals surface area contributed by atoms with Gasteiger partial charge >= 0.3 is 0 Å². The molecule has 0 aliphatic heterocycles. The van der Waals surface area contributed by atoms with Crippen molar-refractivity contribution in [1.82, 2.24) is 10.3 Å². The first-order valence-corrected chi connectivity index (χ1v) is 7.27. The van der Waals surface area contributed by atoms with Crippen LogP contribution in [0, 0.1) is 0 Å². The number of hydrogen-bond donors (Lipinski definition) is 3. The van der Waals surface area contributed by atoms with Gasteiger partial charge in [0.1, 0.15) is 5.82 Å². The Labute approximate surface area is 120 Å². The van der Waals surface area contributed by atoms with Crippen molar-refractivity contribution in [2.45, 2.75) is 44.2 Å². The van der Waals surface area contributed by atoms with Crippen molar-refractivity contribution in [2.75, 3.05) is 5.73 Å². The molecule has 19 heavy (non-hydrogen) atoms. The van der Waals surface area contributed by atoms with Crippen LogP contribution in [-0.2, 0) is 0 Å². The zero-order valence-corrected chi connectivity index (χ0v) is 12.2. The molecule has 6 heteroatoms. The lowest BCUT2D eigenvalue weighted by atomic mass is 10.1. The molecule has 1 fully saturated rings. The van der Waals surface area contributed by atoms with Crippen molar-refractivity contribution in [2.24, 2.45) is 0 Å². The summed E-state index contributed by atoms with van der Waals surface area (Å²) in [7, 11) is 0. The summed E-state index contributed by atoms with van der Waals surface area (Å²) in [6, 6.07) is 1.44. The number of carbonyl (C=O) groups excluding carboxylic acids is 1. The largest absolute Gasteiger partial charge is 0.391 e. The molecule has 0 radical (unpaired) electrons. The Morgan fingerprint density at radius 2 is 2.16 bits per heavy atom. The number of aliphatic hydroxyl groups is 1. The van der Waals surface area contributed by atoms with E-state index in [2.05, 4.69) is 26.2 Å². The highest BCUT2D eigenvalue weighted by Gasteiger charge is 2.24. The topological polar surface area (TPSA) is 88.2 Å². The maximum atomic E-state index is 12.2. The average molecular weight is 328 g/mol. The van der Waals surface area contributed by atoms with E-state index in [0.717, 1.165) is 32.1 Å². The molecule has 2 unspecified atom stereocenters. The van der Waals surface area contributed by atoms with Crippen LogP contribution in [0.25, 0.3) is 0 Å². The summed E-state index contributed by atoms with van der Waals surface area (Å²) in [5, 5.41) is 12.9. The molecular weight excluding hydrogens is 310 g/mol. The van der Waals surface area contributed by atoms with E-state index in [0.29, 0.717) is 10.0 Å². The molecule has 0 aromatic carbocycles. The van der Waals surface area contributed by atoms with Gasteiger partial charge in [-0.25, -0.2) is 4.98 Å². The van der Waals surface area contributed by atoms with Crippen LogP contribution in [0.15, 0.2) is 16.7 Å². The molecule has 0 bridgehead atoms. The van der Waals surface area contributed by atoms with Gasteiger partial charge in [0.25, 0.3) is 5.91 Å². The number of nitrogens with zero attached hydrogens (tertiary/aromatic N) is 1. The van der Waals surface area contributed by atoms with E-state index < -0.39 is 6.10 Å². The van der Waals surface area contributed by atoms with Crippen LogP contribution in [0.1, 0.15) is 42.5 Å². The highest BCUT2D eigenvalue weighted by molar-refractivity contribution is 9.10. The number of carbonyl (C=O) groups is 1. The summed E-state index contributed by atoms with van der Waals surface area (Å²) >= 11 is 3.27. The van der Waals surface area contributed by atoms with E-state index in [-0.39, 0.29) is 17.8 Å². The van der Waals surface area contributed by atoms with E-state index >= 15 is 0 Å². The van der Waals surface area contributed by atoms with Crippen molar-refractivity contribution < 1.29 is 9.90 Å². The molecule has 1 aliphatic carbocycles. The number of nitrogens with one attached hydrogen (secondary N) is 1. The van der Waals surface area contributed by atoms with E-state index in [4.69, 9.17) is 5.73 Å². The van der Waals surface area contributed by atoms with Crippen molar-refractivity contribution >= 4 is 27.7 Å². The van der Waals surface area contributed by atoms with Gasteiger partial charge in [-0.1, -0.05) is 19.3 Å². The number of aromatic nitrogens is 1. The standard InChI is InChI=1S/C13H18BrN3O2/c14-8-6-9(12(15)16-7-8)13(19)17-10-4-2-1-3-5-11(10)18/h6-7,10-11,18H,1-5H2,(H2,15,16)(H,17,19). The Kier molecular flexibility index (Phi) is 4.76. The summed E-state index contributed by atoms with van der Waals surface area (Å²) in [6.07, 6.45) is 5.73. The lowest BCUT2D eigenvalue weighted by Crippen LogP contribution is -2.42. The minimum atomic E-state index is -0.479. The quantitative estimate of drug-likeness (QED) is 0.723. The Hall–Kier alpha value is -1.14. The SMILES string of the molecule is Nc1ncc(Br)cc1C(=O)NC1CCCCCC1O. The maximum absolute atomic E-state index is 12.2. The monoisotopic (exact) mass is 327 g/mol. The Morgan fingerprint density at radius 3 is 2.95 bits per heavy atom. The van der Waals surface area contributed by atoms with E-state index in [9.17, 15) is 9.90 Å². The third-order valence-electron chi connectivity index (χ3n) is 3.43. The van der Waals surface area contributed by atoms with Gasteiger partial charge in [0.15, 0.2) is 0 Å². The molecule has 1 amide bonds. The van der Waals surface area contributed by atoms with Gasteiger partial charge in [-0.2, -0.15) is 0 Å². The summed E-state index contributed by atoms with van der Waals surface area (Å²) in [5.41, 5.74) is 6.04. The number of nitrogen functional groups attached to an aromatic ring is 1. The molecule has 1 aromatic heterocycles. The molecule has 5 nitrogen and oxygen atoms in total. The lowest BCUT2D eigenvalue weighted by molar-refractivity contribution is 0.0819. The zero-order valence-electron chi connectivity index (χ0n) is 10.6. The Morgan fingerprint density at radius 1 is 1.42 bits per heavy atom. The van der Waals surface area contributed by atoms with E-state index in [1.165, 1.54) is 0 Å². The van der Waals surface area contributed by atoms with Crippen LogP contribution >= 0.6 is 15.9 Å². The van der Waals surface area contributed by atoms with Crippen LogP contribution in [0.4, 0.5) is 5.82 Å². The molecule has 1 saturated carbocycles. The Bertz CT molecular complexity index is 467. The van der Waals surface area contributed by atoms with E-state index in [1.54, 1.807) is 12.3 Å². The Balaban J connectivity index is 2.09. The molecule has 104 valence electrons. The third-order valence-corrected chi connectivity index (χ3v) is 3.86. The second-order valence-corrected chi connectivity index (χ2v) is 5.79. The molecule has 0 saturated heterocycles. The fraction of sp³-hybridized carbons (Fsp3) is 0.538. The smallest absolute Gasteiger partial charge is 0.255 e. The number of pyridine rings is 1.